The van der Waals surface area contributed by atoms with Crippen molar-refractivity contribution in [3.8, 4) is 11.5 Å². The summed E-state index contributed by atoms with van der Waals surface area (Å²) in [5.41, 5.74) is 1.62. The Kier molecular flexibility index (Phi) is 6.67. The molecule has 0 radical (unpaired) electrons. The summed E-state index contributed by atoms with van der Waals surface area (Å²) in [6.45, 7) is 2.17. The average molecular weight is 426 g/mol. The first-order valence-corrected chi connectivity index (χ1v) is 8.35. The predicted octanol–water partition coefficient (Wildman–Crippen LogP) is 0.408. The zero-order valence-electron chi connectivity index (χ0n) is 13.7. The van der Waals surface area contributed by atoms with Gasteiger partial charge in [-0.05, 0) is 40.5 Å². The molecular weight excluding hydrogens is 410 g/mol. The molecular formula is C15H16BrN5O5. The highest BCUT2D eigenvalue weighted by Gasteiger charge is 2.09. The number of phenolic OH excluding ortho intramolecular Hbond substituents is 1. The molecule has 1 amide bonds. The van der Waals surface area contributed by atoms with Crippen molar-refractivity contribution in [2.45, 2.75) is 19.8 Å². The minimum Gasteiger partial charge on any atom is -0.503 e. The molecule has 0 saturated carbocycles. The van der Waals surface area contributed by atoms with E-state index < -0.39 is 17.2 Å². The van der Waals surface area contributed by atoms with Gasteiger partial charge in [0.05, 0.1) is 17.3 Å². The molecule has 0 spiro atoms. The number of aryl methyl sites for hydroxylation is 1. The molecule has 0 bridgehead atoms. The second-order valence-corrected chi connectivity index (χ2v) is 5.88. The summed E-state index contributed by atoms with van der Waals surface area (Å²) in [4.78, 5) is 36.1. The third-order valence-electron chi connectivity index (χ3n) is 3.12. The first kappa shape index (κ1) is 19.4. The van der Waals surface area contributed by atoms with Crippen LogP contribution < -0.4 is 21.4 Å². The molecule has 0 aliphatic rings. The number of aromatic hydroxyl groups is 1. The Morgan fingerprint density at radius 3 is 2.92 bits per heavy atom. The molecule has 0 aliphatic carbocycles. The van der Waals surface area contributed by atoms with Gasteiger partial charge in [0, 0.05) is 12.8 Å². The molecule has 0 fully saturated rings. The Morgan fingerprint density at radius 2 is 2.23 bits per heavy atom. The second kappa shape index (κ2) is 8.94. The van der Waals surface area contributed by atoms with Crippen molar-refractivity contribution in [1.82, 2.24) is 20.6 Å². The molecule has 26 heavy (non-hydrogen) atoms. The van der Waals surface area contributed by atoms with Gasteiger partial charge < -0.3 is 9.84 Å². The normalized spacial score (nSPS) is 10.8. The van der Waals surface area contributed by atoms with Gasteiger partial charge in [0.15, 0.2) is 11.5 Å². The number of hydrogen-bond donors (Lipinski definition) is 4. The van der Waals surface area contributed by atoms with E-state index in [9.17, 15) is 19.5 Å². The van der Waals surface area contributed by atoms with E-state index in [1.54, 1.807) is 19.1 Å². The quantitative estimate of drug-likeness (QED) is 0.372. The summed E-state index contributed by atoms with van der Waals surface area (Å²) in [7, 11) is 0. The maximum atomic E-state index is 11.8. The second-order valence-electron chi connectivity index (χ2n) is 5.03. The lowest BCUT2D eigenvalue weighted by Crippen LogP contribution is -2.28. The van der Waals surface area contributed by atoms with E-state index >= 15 is 0 Å². The lowest BCUT2D eigenvalue weighted by atomic mass is 10.2. The van der Waals surface area contributed by atoms with Crippen molar-refractivity contribution in [2.75, 3.05) is 6.61 Å². The Balaban J connectivity index is 1.94. The average Bonchev–Trinajstić information content (AvgIpc) is 2.58. The van der Waals surface area contributed by atoms with Crippen LogP contribution in [0.3, 0.4) is 0 Å². The third kappa shape index (κ3) is 5.28. The van der Waals surface area contributed by atoms with Crippen molar-refractivity contribution in [3.05, 3.63) is 48.7 Å². The molecule has 1 aromatic heterocycles. The summed E-state index contributed by atoms with van der Waals surface area (Å²) in [6, 6.07) is 3.18. The number of carbonyl (C=O) groups is 1. The number of benzene rings is 1. The Bertz CT molecular complexity index is 937. The van der Waals surface area contributed by atoms with Crippen molar-refractivity contribution >= 4 is 28.1 Å². The van der Waals surface area contributed by atoms with Crippen LogP contribution in [0, 0.1) is 0 Å². The van der Waals surface area contributed by atoms with Gasteiger partial charge in [-0.2, -0.15) is 10.2 Å². The number of aromatic amines is 2. The SMILES string of the molecule is CCOc1cc(/C=N\NC(=O)CCc2n[nH]c(=O)[nH]c2=O)cc(Br)c1O. The molecule has 2 rings (SSSR count). The van der Waals surface area contributed by atoms with Gasteiger partial charge in [0.1, 0.15) is 5.69 Å². The number of rotatable bonds is 7. The minimum atomic E-state index is -0.709. The number of amides is 1. The van der Waals surface area contributed by atoms with Crippen LogP contribution in [0.25, 0.3) is 0 Å². The highest BCUT2D eigenvalue weighted by Crippen LogP contribution is 2.34. The Morgan fingerprint density at radius 1 is 1.46 bits per heavy atom. The van der Waals surface area contributed by atoms with Crippen LogP contribution in [0.5, 0.6) is 11.5 Å². The molecule has 0 aliphatic heterocycles. The van der Waals surface area contributed by atoms with Gasteiger partial charge in [-0.1, -0.05) is 0 Å². The maximum absolute atomic E-state index is 11.8. The van der Waals surface area contributed by atoms with Crippen LogP contribution in [0.1, 0.15) is 24.6 Å². The van der Waals surface area contributed by atoms with Crippen LogP contribution >= 0.6 is 15.9 Å². The van der Waals surface area contributed by atoms with E-state index in [0.29, 0.717) is 16.6 Å². The summed E-state index contributed by atoms with van der Waals surface area (Å²) < 4.78 is 5.73. The van der Waals surface area contributed by atoms with Gasteiger partial charge in [-0.25, -0.2) is 15.3 Å². The first-order chi connectivity index (χ1) is 12.4. The molecule has 10 nitrogen and oxygen atoms in total. The Labute approximate surface area is 155 Å². The van der Waals surface area contributed by atoms with Gasteiger partial charge >= 0.3 is 5.69 Å². The summed E-state index contributed by atoms with van der Waals surface area (Å²) in [5, 5.41) is 19.3. The summed E-state index contributed by atoms with van der Waals surface area (Å²) in [5.74, 6) is -0.166. The van der Waals surface area contributed by atoms with E-state index in [1.165, 1.54) is 6.21 Å². The number of hydrazone groups is 1. The zero-order valence-corrected chi connectivity index (χ0v) is 15.3. The molecule has 0 saturated heterocycles. The molecule has 1 heterocycles. The summed E-state index contributed by atoms with van der Waals surface area (Å²) >= 11 is 3.21. The highest BCUT2D eigenvalue weighted by atomic mass is 79.9. The van der Waals surface area contributed by atoms with Crippen molar-refractivity contribution in [1.29, 1.82) is 0 Å². The maximum Gasteiger partial charge on any atom is 0.342 e. The smallest absolute Gasteiger partial charge is 0.342 e. The Hall–Kier alpha value is -2.95. The van der Waals surface area contributed by atoms with E-state index in [2.05, 4.69) is 36.7 Å². The highest BCUT2D eigenvalue weighted by molar-refractivity contribution is 9.10. The standard InChI is InChI=1S/C15H16BrN5O5/c1-2-26-11-6-8(5-9(16)13(11)23)7-17-20-12(22)4-3-10-14(24)18-15(25)21-19-10/h5-7,23H,2-4H2,1H3,(H,20,22)(H2,18,21,24,25)/b17-7-. The molecule has 2 aromatic rings. The van der Waals surface area contributed by atoms with Gasteiger partial charge in [-0.3, -0.25) is 14.6 Å². The third-order valence-corrected chi connectivity index (χ3v) is 3.73. The van der Waals surface area contributed by atoms with E-state index in [4.69, 9.17) is 4.74 Å². The number of aromatic nitrogens is 3. The predicted molar refractivity (Wildman–Crippen MR) is 96.5 cm³/mol. The number of hydrogen-bond acceptors (Lipinski definition) is 7. The lowest BCUT2D eigenvalue weighted by molar-refractivity contribution is -0.121. The van der Waals surface area contributed by atoms with Crippen molar-refractivity contribution < 1.29 is 14.6 Å². The number of halogens is 1. The fourth-order valence-electron chi connectivity index (χ4n) is 1.94. The monoisotopic (exact) mass is 425 g/mol. The van der Waals surface area contributed by atoms with Crippen LogP contribution in [-0.2, 0) is 11.2 Å². The van der Waals surface area contributed by atoms with E-state index in [-0.39, 0.29) is 30.0 Å². The number of ether oxygens (including phenoxy) is 1. The van der Waals surface area contributed by atoms with Gasteiger partial charge in [0.2, 0.25) is 5.91 Å². The zero-order chi connectivity index (χ0) is 19.1. The fourth-order valence-corrected chi connectivity index (χ4v) is 2.40. The van der Waals surface area contributed by atoms with Crippen LogP contribution in [0.4, 0.5) is 0 Å². The van der Waals surface area contributed by atoms with Crippen molar-refractivity contribution in [2.24, 2.45) is 5.10 Å². The summed E-state index contributed by atoms with van der Waals surface area (Å²) in [6.07, 6.45) is 1.39. The minimum absolute atomic E-state index is 0.0216. The van der Waals surface area contributed by atoms with Crippen LogP contribution in [-0.4, -0.2) is 39.0 Å². The van der Waals surface area contributed by atoms with Gasteiger partial charge in [0.25, 0.3) is 5.56 Å². The molecule has 1 aromatic carbocycles. The van der Waals surface area contributed by atoms with Crippen molar-refractivity contribution in [3.63, 3.8) is 0 Å². The van der Waals surface area contributed by atoms with Gasteiger partial charge in [-0.15, -0.1) is 0 Å². The molecule has 11 heteroatoms. The topological polar surface area (TPSA) is 150 Å². The number of nitrogens with zero attached hydrogens (tertiary/aromatic N) is 2. The van der Waals surface area contributed by atoms with Crippen LogP contribution in [0.2, 0.25) is 0 Å². The number of H-pyrrole nitrogens is 2. The largest absolute Gasteiger partial charge is 0.503 e. The van der Waals surface area contributed by atoms with Crippen LogP contribution in [0.15, 0.2) is 31.3 Å². The molecule has 4 N–H and O–H groups in total. The lowest BCUT2D eigenvalue weighted by Gasteiger charge is -2.08. The first-order valence-electron chi connectivity index (χ1n) is 7.55. The molecule has 138 valence electrons. The van der Waals surface area contributed by atoms with E-state index in [0.717, 1.165) is 0 Å². The number of carbonyl (C=O) groups excluding carboxylic acids is 1. The fraction of sp³-hybridized carbons (Fsp3) is 0.267. The number of phenols is 1. The molecule has 0 unspecified atom stereocenters. The van der Waals surface area contributed by atoms with E-state index in [1.807, 2.05) is 4.98 Å². The number of nitrogens with one attached hydrogen (secondary N) is 3. The molecule has 0 atom stereocenters.